The molecule has 0 aromatic heterocycles. The highest BCUT2D eigenvalue weighted by atomic mass is 19.1. The fourth-order valence-electron chi connectivity index (χ4n) is 4.07. The van der Waals surface area contributed by atoms with Crippen LogP contribution in [-0.2, 0) is 14.4 Å². The Morgan fingerprint density at radius 1 is 0.759 bits per heavy atom. The van der Waals surface area contributed by atoms with Gasteiger partial charge in [-0.3, -0.25) is 14.4 Å². The van der Waals surface area contributed by atoms with Gasteiger partial charge in [0.1, 0.15) is 11.7 Å². The standard InChI is InChI=1S/C23H17FN2O3/c24-16-9-7-8-15(14-16)20-19-21(29-26(20)18-12-5-2-6-13-18)23(28)25(22(19)27)17-10-3-1-4-11-17/h1-14,19-21H/t19-,20+,21+/m0/s1. The van der Waals surface area contributed by atoms with Crippen molar-refractivity contribution in [3.63, 3.8) is 0 Å². The number of imide groups is 1. The van der Waals surface area contributed by atoms with Gasteiger partial charge in [-0.15, -0.1) is 0 Å². The molecule has 3 aromatic carbocycles. The van der Waals surface area contributed by atoms with Gasteiger partial charge in [-0.1, -0.05) is 48.5 Å². The monoisotopic (exact) mass is 388 g/mol. The number of hydroxylamine groups is 1. The van der Waals surface area contributed by atoms with Gasteiger partial charge in [0.05, 0.1) is 17.4 Å². The Hall–Kier alpha value is -3.51. The minimum Gasteiger partial charge on any atom is -0.273 e. The van der Waals surface area contributed by atoms with Gasteiger partial charge in [0.25, 0.3) is 5.91 Å². The van der Waals surface area contributed by atoms with E-state index in [1.165, 1.54) is 17.0 Å². The molecule has 2 saturated heterocycles. The minimum absolute atomic E-state index is 0.348. The molecule has 2 aliphatic heterocycles. The molecule has 0 N–H and O–H groups in total. The van der Waals surface area contributed by atoms with Crippen molar-refractivity contribution in [3.05, 3.63) is 96.3 Å². The lowest BCUT2D eigenvalue weighted by molar-refractivity contribution is -0.126. The van der Waals surface area contributed by atoms with Gasteiger partial charge >= 0.3 is 0 Å². The SMILES string of the molecule is O=C1[C@H]2[C@@H](c3cccc(F)c3)N(c3ccccc3)O[C@H]2C(=O)N1c1ccccc1. The van der Waals surface area contributed by atoms with Crippen LogP contribution in [0.4, 0.5) is 15.8 Å². The van der Waals surface area contributed by atoms with E-state index in [2.05, 4.69) is 0 Å². The number of fused-ring (bicyclic) bond motifs is 1. The molecule has 2 aliphatic rings. The van der Waals surface area contributed by atoms with Crippen LogP contribution in [-0.4, -0.2) is 17.9 Å². The highest BCUT2D eigenvalue weighted by Crippen LogP contribution is 2.47. The third kappa shape index (κ3) is 2.80. The van der Waals surface area contributed by atoms with Crippen molar-refractivity contribution in [1.29, 1.82) is 0 Å². The summed E-state index contributed by atoms with van der Waals surface area (Å²) in [5.74, 6) is -1.94. The Morgan fingerprint density at radius 2 is 1.41 bits per heavy atom. The van der Waals surface area contributed by atoms with Crippen molar-refractivity contribution in [2.24, 2.45) is 5.92 Å². The van der Waals surface area contributed by atoms with Crippen LogP contribution in [0.15, 0.2) is 84.9 Å². The molecule has 0 bridgehead atoms. The van der Waals surface area contributed by atoms with Crippen LogP contribution in [0.3, 0.4) is 0 Å². The number of rotatable bonds is 3. The fourth-order valence-corrected chi connectivity index (χ4v) is 4.07. The van der Waals surface area contributed by atoms with E-state index in [-0.39, 0.29) is 5.91 Å². The maximum atomic E-state index is 14.0. The third-order valence-corrected chi connectivity index (χ3v) is 5.33. The second-order valence-electron chi connectivity index (χ2n) is 7.06. The molecular formula is C23H17FN2O3. The number of amides is 2. The first-order chi connectivity index (χ1) is 14.1. The number of hydrogen-bond donors (Lipinski definition) is 0. The summed E-state index contributed by atoms with van der Waals surface area (Å²) in [5.41, 5.74) is 1.78. The van der Waals surface area contributed by atoms with Crippen LogP contribution < -0.4 is 9.96 Å². The number of anilines is 2. The number of hydrogen-bond acceptors (Lipinski definition) is 4. The lowest BCUT2D eigenvalue weighted by Gasteiger charge is -2.28. The molecule has 2 fully saturated rings. The van der Waals surface area contributed by atoms with Gasteiger partial charge in [-0.25, -0.2) is 14.4 Å². The largest absolute Gasteiger partial charge is 0.273 e. The molecule has 6 heteroatoms. The number of benzene rings is 3. The quantitative estimate of drug-likeness (QED) is 0.639. The van der Waals surface area contributed by atoms with Crippen molar-refractivity contribution in [1.82, 2.24) is 0 Å². The zero-order chi connectivity index (χ0) is 20.0. The molecule has 0 radical (unpaired) electrons. The molecule has 29 heavy (non-hydrogen) atoms. The van der Waals surface area contributed by atoms with Gasteiger partial charge in [-0.05, 0) is 42.0 Å². The van der Waals surface area contributed by atoms with Gasteiger partial charge < -0.3 is 0 Å². The molecule has 5 rings (SSSR count). The van der Waals surface area contributed by atoms with Crippen molar-refractivity contribution in [2.75, 3.05) is 9.96 Å². The Labute approximate surface area is 166 Å². The zero-order valence-electron chi connectivity index (χ0n) is 15.3. The number of carbonyl (C=O) groups is 2. The second-order valence-corrected chi connectivity index (χ2v) is 7.06. The molecule has 3 aromatic rings. The molecule has 2 heterocycles. The summed E-state index contributed by atoms with van der Waals surface area (Å²) in [7, 11) is 0. The first-order valence-electron chi connectivity index (χ1n) is 9.34. The van der Waals surface area contributed by atoms with Crippen molar-refractivity contribution < 1.29 is 18.8 Å². The van der Waals surface area contributed by atoms with Crippen LogP contribution in [0.5, 0.6) is 0 Å². The molecular weight excluding hydrogens is 371 g/mol. The highest BCUT2D eigenvalue weighted by Gasteiger charge is 2.60. The number of carbonyl (C=O) groups excluding carboxylic acids is 2. The highest BCUT2D eigenvalue weighted by molar-refractivity contribution is 6.23. The predicted octanol–water partition coefficient (Wildman–Crippen LogP) is 3.88. The van der Waals surface area contributed by atoms with E-state index in [4.69, 9.17) is 4.84 Å². The fraction of sp³-hybridized carbons (Fsp3) is 0.130. The van der Waals surface area contributed by atoms with Crippen molar-refractivity contribution in [2.45, 2.75) is 12.1 Å². The summed E-state index contributed by atoms with van der Waals surface area (Å²) >= 11 is 0. The van der Waals surface area contributed by atoms with Crippen LogP contribution in [0, 0.1) is 11.7 Å². The normalized spacial score (nSPS) is 23.6. The Balaban J connectivity index is 1.60. The van der Waals surface area contributed by atoms with Gasteiger partial charge in [0.2, 0.25) is 5.91 Å². The van der Waals surface area contributed by atoms with Crippen LogP contribution in [0.25, 0.3) is 0 Å². The maximum Gasteiger partial charge on any atom is 0.266 e. The molecule has 0 spiro atoms. The van der Waals surface area contributed by atoms with Crippen LogP contribution in [0.2, 0.25) is 0 Å². The smallest absolute Gasteiger partial charge is 0.266 e. The average molecular weight is 388 g/mol. The molecule has 144 valence electrons. The first-order valence-corrected chi connectivity index (χ1v) is 9.34. The molecule has 0 saturated carbocycles. The van der Waals surface area contributed by atoms with Crippen molar-refractivity contribution >= 4 is 23.2 Å². The molecule has 3 atom stereocenters. The van der Waals surface area contributed by atoms with E-state index < -0.39 is 29.8 Å². The van der Waals surface area contributed by atoms with Crippen LogP contribution in [0.1, 0.15) is 11.6 Å². The second kappa shape index (κ2) is 6.83. The molecule has 5 nitrogen and oxygen atoms in total. The van der Waals surface area contributed by atoms with Gasteiger partial charge in [-0.2, -0.15) is 0 Å². The molecule has 0 aliphatic carbocycles. The van der Waals surface area contributed by atoms with Crippen LogP contribution >= 0.6 is 0 Å². The van der Waals surface area contributed by atoms with Crippen molar-refractivity contribution in [3.8, 4) is 0 Å². The number of nitrogens with zero attached hydrogens (tertiary/aromatic N) is 2. The molecule has 0 unspecified atom stereocenters. The van der Waals surface area contributed by atoms with Gasteiger partial charge in [0.15, 0.2) is 6.10 Å². The molecule has 2 amide bonds. The Bertz CT molecular complexity index is 1070. The lowest BCUT2D eigenvalue weighted by Crippen LogP contribution is -2.37. The Morgan fingerprint density at radius 3 is 2.07 bits per heavy atom. The third-order valence-electron chi connectivity index (χ3n) is 5.33. The lowest BCUT2D eigenvalue weighted by atomic mass is 9.90. The summed E-state index contributed by atoms with van der Waals surface area (Å²) in [6.45, 7) is 0. The predicted molar refractivity (Wildman–Crippen MR) is 105 cm³/mol. The average Bonchev–Trinajstić information content (AvgIpc) is 3.26. The Kier molecular flexibility index (Phi) is 4.14. The summed E-state index contributed by atoms with van der Waals surface area (Å²) in [6, 6.07) is 23.4. The number of halogens is 1. The van der Waals surface area contributed by atoms with E-state index in [0.29, 0.717) is 16.9 Å². The van der Waals surface area contributed by atoms with E-state index >= 15 is 0 Å². The summed E-state index contributed by atoms with van der Waals surface area (Å²) < 4.78 is 14.0. The summed E-state index contributed by atoms with van der Waals surface area (Å²) in [5, 5.41) is 1.56. The summed E-state index contributed by atoms with van der Waals surface area (Å²) in [6.07, 6.45) is -0.962. The number of para-hydroxylation sites is 2. The maximum absolute atomic E-state index is 14.0. The summed E-state index contributed by atoms with van der Waals surface area (Å²) in [4.78, 5) is 33.6. The first kappa shape index (κ1) is 17.6. The van der Waals surface area contributed by atoms with E-state index in [9.17, 15) is 14.0 Å². The minimum atomic E-state index is -0.962. The van der Waals surface area contributed by atoms with E-state index in [0.717, 1.165) is 0 Å². The van der Waals surface area contributed by atoms with Gasteiger partial charge in [0, 0.05) is 0 Å². The van der Waals surface area contributed by atoms with E-state index in [1.807, 2.05) is 36.4 Å². The topological polar surface area (TPSA) is 49.9 Å². The van der Waals surface area contributed by atoms with E-state index in [1.54, 1.807) is 41.5 Å². The zero-order valence-corrected chi connectivity index (χ0v) is 15.3.